The van der Waals surface area contributed by atoms with Crippen molar-refractivity contribution < 1.29 is 8.42 Å². The number of benzene rings is 1. The number of halogens is 1. The van der Waals surface area contributed by atoms with Crippen molar-refractivity contribution in [2.75, 3.05) is 0 Å². The Balaban J connectivity index is 2.08. The molecule has 1 N–H and O–H groups in total. The normalized spacial score (nSPS) is 18.6. The first-order chi connectivity index (χ1) is 9.03. The van der Waals surface area contributed by atoms with Gasteiger partial charge in [0.25, 0.3) is 0 Å². The van der Waals surface area contributed by atoms with E-state index in [2.05, 4.69) is 20.7 Å². The summed E-state index contributed by atoms with van der Waals surface area (Å²) in [6.07, 6.45) is 4.70. The Labute approximate surface area is 124 Å². The lowest BCUT2D eigenvalue weighted by atomic mass is 10.0. The number of hydrogen-bond acceptors (Lipinski definition) is 2. The van der Waals surface area contributed by atoms with Crippen LogP contribution in [0, 0.1) is 5.92 Å². The minimum Gasteiger partial charge on any atom is -0.208 e. The van der Waals surface area contributed by atoms with Crippen molar-refractivity contribution in [2.24, 2.45) is 5.92 Å². The van der Waals surface area contributed by atoms with E-state index in [9.17, 15) is 8.42 Å². The summed E-state index contributed by atoms with van der Waals surface area (Å²) >= 11 is 3.35. The number of hydrogen-bond donors (Lipinski definition) is 1. The van der Waals surface area contributed by atoms with Crippen molar-refractivity contribution >= 4 is 26.0 Å². The first-order valence-corrected chi connectivity index (χ1v) is 9.30. The maximum atomic E-state index is 12.3. The summed E-state index contributed by atoms with van der Waals surface area (Å²) in [5.74, 6) is 0.483. The molecule has 1 saturated carbocycles. The van der Waals surface area contributed by atoms with E-state index in [0.29, 0.717) is 10.8 Å². The van der Waals surface area contributed by atoms with Gasteiger partial charge in [-0.15, -0.1) is 0 Å². The predicted molar refractivity (Wildman–Crippen MR) is 80.8 cm³/mol. The van der Waals surface area contributed by atoms with Crippen molar-refractivity contribution in [3.05, 3.63) is 29.8 Å². The Morgan fingerprint density at radius 3 is 2.37 bits per heavy atom. The van der Waals surface area contributed by atoms with Crippen LogP contribution in [0.3, 0.4) is 0 Å². The van der Waals surface area contributed by atoms with Crippen LogP contribution in [0.15, 0.2) is 29.2 Å². The van der Waals surface area contributed by atoms with E-state index in [-0.39, 0.29) is 6.04 Å². The molecule has 1 aliphatic carbocycles. The Bertz CT molecular complexity index is 507. The fourth-order valence-corrected chi connectivity index (χ4v) is 4.31. The first-order valence-electron chi connectivity index (χ1n) is 6.70. The van der Waals surface area contributed by atoms with E-state index in [4.69, 9.17) is 0 Å². The average Bonchev–Trinajstić information content (AvgIpc) is 2.92. The molecule has 1 atom stereocenters. The molecule has 0 amide bonds. The molecule has 0 radical (unpaired) electrons. The third-order valence-corrected chi connectivity index (χ3v) is 6.06. The van der Waals surface area contributed by atoms with Gasteiger partial charge in [-0.3, -0.25) is 0 Å². The van der Waals surface area contributed by atoms with Crippen molar-refractivity contribution in [1.82, 2.24) is 4.72 Å². The zero-order chi connectivity index (χ0) is 13.9. The van der Waals surface area contributed by atoms with E-state index in [0.717, 1.165) is 23.7 Å². The smallest absolute Gasteiger partial charge is 0.208 e. The summed E-state index contributed by atoms with van der Waals surface area (Å²) in [5, 5.41) is 0.735. The second kappa shape index (κ2) is 6.37. The quantitative estimate of drug-likeness (QED) is 0.830. The number of nitrogens with one attached hydrogen (secondary N) is 1. The lowest BCUT2D eigenvalue weighted by Crippen LogP contribution is -2.37. The summed E-state index contributed by atoms with van der Waals surface area (Å²) in [5.41, 5.74) is 1.07. The molecule has 0 spiro atoms. The Morgan fingerprint density at radius 2 is 1.84 bits per heavy atom. The van der Waals surface area contributed by atoms with Crippen molar-refractivity contribution in [3.63, 3.8) is 0 Å². The zero-order valence-corrected chi connectivity index (χ0v) is 13.5. The van der Waals surface area contributed by atoms with Gasteiger partial charge in [-0.2, -0.15) is 0 Å². The molecule has 0 aromatic heterocycles. The first kappa shape index (κ1) is 15.0. The van der Waals surface area contributed by atoms with E-state index in [1.54, 1.807) is 12.1 Å². The van der Waals surface area contributed by atoms with Crippen molar-refractivity contribution in [1.29, 1.82) is 0 Å². The molecule has 106 valence electrons. The monoisotopic (exact) mass is 345 g/mol. The lowest BCUT2D eigenvalue weighted by molar-refractivity contribution is 0.424. The fraction of sp³-hybridized carbons (Fsp3) is 0.571. The van der Waals surface area contributed by atoms with Gasteiger partial charge < -0.3 is 0 Å². The maximum Gasteiger partial charge on any atom is 0.240 e. The summed E-state index contributed by atoms with van der Waals surface area (Å²) in [6.45, 7) is 1.97. The van der Waals surface area contributed by atoms with Crippen LogP contribution < -0.4 is 4.72 Å². The Kier molecular flexibility index (Phi) is 5.03. The minimum atomic E-state index is -3.39. The molecular weight excluding hydrogens is 326 g/mol. The molecule has 1 unspecified atom stereocenters. The van der Waals surface area contributed by atoms with E-state index < -0.39 is 10.0 Å². The summed E-state index contributed by atoms with van der Waals surface area (Å²) in [4.78, 5) is 0.349. The summed E-state index contributed by atoms with van der Waals surface area (Å²) < 4.78 is 27.4. The van der Waals surface area contributed by atoms with Crippen molar-refractivity contribution in [3.8, 4) is 0 Å². The van der Waals surface area contributed by atoms with Crippen LogP contribution in [0.5, 0.6) is 0 Å². The molecule has 19 heavy (non-hydrogen) atoms. The van der Waals surface area contributed by atoms with Crippen LogP contribution >= 0.6 is 15.9 Å². The molecule has 0 saturated heterocycles. The second-order valence-electron chi connectivity index (χ2n) is 5.23. The highest BCUT2D eigenvalue weighted by Gasteiger charge is 2.25. The van der Waals surface area contributed by atoms with Gasteiger partial charge in [0, 0.05) is 11.4 Å². The highest BCUT2D eigenvalue weighted by molar-refractivity contribution is 9.08. The lowest BCUT2D eigenvalue weighted by Gasteiger charge is -2.20. The third-order valence-electron chi connectivity index (χ3n) is 3.84. The standard InChI is InChI=1S/C14H20BrNO2S/c1-11(13-4-2-3-5-13)16-19(17,18)14-8-6-12(10-15)7-9-14/h6-9,11,13,16H,2-5,10H2,1H3. The van der Waals surface area contributed by atoms with E-state index in [1.807, 2.05) is 19.1 Å². The minimum absolute atomic E-state index is 0.0170. The van der Waals surface area contributed by atoms with Gasteiger partial charge in [0.1, 0.15) is 0 Å². The molecule has 0 heterocycles. The Morgan fingerprint density at radius 1 is 1.26 bits per heavy atom. The number of alkyl halides is 1. The molecule has 1 fully saturated rings. The highest BCUT2D eigenvalue weighted by Crippen LogP contribution is 2.28. The average molecular weight is 346 g/mol. The SMILES string of the molecule is CC(NS(=O)(=O)c1ccc(CBr)cc1)C1CCCC1. The topological polar surface area (TPSA) is 46.2 Å². The van der Waals surface area contributed by atoms with Crippen molar-refractivity contribution in [2.45, 2.75) is 48.9 Å². The molecule has 0 bridgehead atoms. The van der Waals surface area contributed by atoms with Gasteiger partial charge in [0.2, 0.25) is 10.0 Å². The predicted octanol–water partition coefficient (Wildman–Crippen LogP) is 3.44. The third kappa shape index (κ3) is 3.80. The Hall–Kier alpha value is -0.390. The van der Waals surface area contributed by atoms with Crippen LogP contribution in [0.2, 0.25) is 0 Å². The molecule has 2 rings (SSSR count). The zero-order valence-electron chi connectivity index (χ0n) is 11.1. The van der Waals surface area contributed by atoms with Gasteiger partial charge in [0.15, 0.2) is 0 Å². The van der Waals surface area contributed by atoms with E-state index >= 15 is 0 Å². The molecule has 5 heteroatoms. The van der Waals surface area contributed by atoms with Crippen LogP contribution in [-0.4, -0.2) is 14.5 Å². The van der Waals surface area contributed by atoms with Gasteiger partial charge in [0.05, 0.1) is 4.90 Å². The van der Waals surface area contributed by atoms with Crippen LogP contribution in [0.1, 0.15) is 38.2 Å². The molecule has 3 nitrogen and oxygen atoms in total. The van der Waals surface area contributed by atoms with Gasteiger partial charge in [-0.1, -0.05) is 40.9 Å². The van der Waals surface area contributed by atoms with E-state index in [1.165, 1.54) is 12.8 Å². The molecule has 1 aromatic carbocycles. The van der Waals surface area contributed by atoms with Crippen LogP contribution in [0.4, 0.5) is 0 Å². The van der Waals surface area contributed by atoms with Crippen LogP contribution in [0.25, 0.3) is 0 Å². The second-order valence-corrected chi connectivity index (χ2v) is 7.51. The maximum absolute atomic E-state index is 12.3. The summed E-state index contributed by atoms with van der Waals surface area (Å²) in [7, 11) is -3.39. The summed E-state index contributed by atoms with van der Waals surface area (Å²) in [6, 6.07) is 7.02. The van der Waals surface area contributed by atoms with Gasteiger partial charge in [-0.25, -0.2) is 13.1 Å². The molecule has 0 aliphatic heterocycles. The fourth-order valence-electron chi connectivity index (χ4n) is 2.62. The highest BCUT2D eigenvalue weighted by atomic mass is 79.9. The largest absolute Gasteiger partial charge is 0.240 e. The molecule has 1 aromatic rings. The number of rotatable bonds is 5. The molecular formula is C14H20BrNO2S. The van der Waals surface area contributed by atoms with Crippen LogP contribution in [-0.2, 0) is 15.4 Å². The van der Waals surface area contributed by atoms with Gasteiger partial charge >= 0.3 is 0 Å². The molecule has 1 aliphatic rings. The van der Waals surface area contributed by atoms with Gasteiger partial charge in [-0.05, 0) is 43.4 Å². The number of sulfonamides is 1.